The first-order valence-corrected chi connectivity index (χ1v) is 8.63. The summed E-state index contributed by atoms with van der Waals surface area (Å²) in [6.07, 6.45) is 4.15. The summed E-state index contributed by atoms with van der Waals surface area (Å²) in [7, 11) is 0. The lowest BCUT2D eigenvalue weighted by atomic mass is 9.68. The number of nitrogens with one attached hydrogen (secondary N) is 1. The lowest BCUT2D eigenvalue weighted by molar-refractivity contribution is 0.155. The van der Waals surface area contributed by atoms with Gasteiger partial charge in [-0.1, -0.05) is 36.7 Å². The Morgan fingerprint density at radius 3 is 2.58 bits per heavy atom. The fraction of sp³-hybridized carbons (Fsp3) is 0.625. The molecule has 2 fully saturated rings. The number of rotatable bonds is 2. The van der Waals surface area contributed by atoms with Crippen LogP contribution in [0.4, 0.5) is 5.69 Å². The Morgan fingerprint density at radius 2 is 1.95 bits per heavy atom. The molecule has 2 saturated carbocycles. The van der Waals surface area contributed by atoms with Crippen molar-refractivity contribution in [1.82, 2.24) is 0 Å². The minimum absolute atomic E-state index is 0.384. The quantitative estimate of drug-likeness (QED) is 0.673. The molecule has 1 nitrogen and oxygen atoms in total. The van der Waals surface area contributed by atoms with Gasteiger partial charge in [0.25, 0.3) is 0 Å². The van der Waals surface area contributed by atoms with Gasteiger partial charge in [-0.3, -0.25) is 0 Å². The van der Waals surface area contributed by atoms with Crippen LogP contribution in [0, 0.1) is 16.7 Å². The molecular formula is C16H21Br2N. The topological polar surface area (TPSA) is 12.0 Å². The van der Waals surface area contributed by atoms with E-state index < -0.39 is 0 Å². The van der Waals surface area contributed by atoms with Crippen LogP contribution in [0.2, 0.25) is 0 Å². The third kappa shape index (κ3) is 2.17. The molecule has 0 spiro atoms. The van der Waals surface area contributed by atoms with Crippen LogP contribution in [-0.4, -0.2) is 6.04 Å². The van der Waals surface area contributed by atoms with Gasteiger partial charge in [-0.25, -0.2) is 0 Å². The van der Waals surface area contributed by atoms with E-state index in [-0.39, 0.29) is 0 Å². The van der Waals surface area contributed by atoms with E-state index in [4.69, 9.17) is 0 Å². The Morgan fingerprint density at radius 1 is 1.21 bits per heavy atom. The van der Waals surface area contributed by atoms with E-state index in [0.29, 0.717) is 16.9 Å². The molecule has 0 aliphatic heterocycles. The maximum Gasteiger partial charge on any atom is 0.0498 e. The summed E-state index contributed by atoms with van der Waals surface area (Å²) in [6, 6.07) is 6.91. The zero-order valence-corrected chi connectivity index (χ0v) is 14.9. The molecule has 0 amide bonds. The molecule has 2 aliphatic rings. The summed E-state index contributed by atoms with van der Waals surface area (Å²) >= 11 is 7.23. The lowest BCUT2D eigenvalue weighted by Crippen LogP contribution is -2.45. The highest BCUT2D eigenvalue weighted by Gasteiger charge is 2.59. The van der Waals surface area contributed by atoms with Gasteiger partial charge >= 0.3 is 0 Å². The maximum atomic E-state index is 3.84. The average Bonchev–Trinajstić information content (AvgIpc) is 2.80. The molecule has 3 unspecified atom stereocenters. The first-order valence-electron chi connectivity index (χ1n) is 7.04. The number of halogens is 2. The van der Waals surface area contributed by atoms with Crippen LogP contribution in [0.15, 0.2) is 27.1 Å². The summed E-state index contributed by atoms with van der Waals surface area (Å²) in [6.45, 7) is 7.34. The van der Waals surface area contributed by atoms with Crippen molar-refractivity contribution >= 4 is 37.5 Å². The van der Waals surface area contributed by atoms with Gasteiger partial charge in [0, 0.05) is 20.7 Å². The fourth-order valence-electron chi connectivity index (χ4n) is 4.43. The van der Waals surface area contributed by atoms with Crippen LogP contribution in [-0.2, 0) is 0 Å². The monoisotopic (exact) mass is 385 g/mol. The first kappa shape index (κ1) is 13.9. The summed E-state index contributed by atoms with van der Waals surface area (Å²) in [5.74, 6) is 0.876. The minimum atomic E-state index is 0.384. The van der Waals surface area contributed by atoms with Crippen molar-refractivity contribution in [2.24, 2.45) is 16.7 Å². The van der Waals surface area contributed by atoms with Crippen molar-refractivity contribution in [3.05, 3.63) is 27.1 Å². The second-order valence-electron chi connectivity index (χ2n) is 7.12. The van der Waals surface area contributed by atoms with Gasteiger partial charge in [0.05, 0.1) is 0 Å². The van der Waals surface area contributed by atoms with Gasteiger partial charge in [-0.2, -0.15) is 0 Å². The molecule has 19 heavy (non-hydrogen) atoms. The molecule has 2 aliphatic carbocycles. The number of anilines is 1. The second kappa shape index (κ2) is 4.49. The summed E-state index contributed by atoms with van der Waals surface area (Å²) in [5, 5.41) is 3.84. The van der Waals surface area contributed by atoms with Crippen LogP contribution >= 0.6 is 31.9 Å². The van der Waals surface area contributed by atoms with Gasteiger partial charge in [0.2, 0.25) is 0 Å². The molecular weight excluding hydrogens is 366 g/mol. The summed E-state index contributed by atoms with van der Waals surface area (Å²) in [5.41, 5.74) is 2.05. The Kier molecular flexibility index (Phi) is 3.29. The molecule has 3 rings (SSSR count). The van der Waals surface area contributed by atoms with E-state index in [2.05, 4.69) is 76.1 Å². The van der Waals surface area contributed by atoms with Crippen molar-refractivity contribution in [3.8, 4) is 0 Å². The minimum Gasteiger partial charge on any atom is -0.380 e. The first-order chi connectivity index (χ1) is 8.83. The number of hydrogen-bond acceptors (Lipinski definition) is 1. The van der Waals surface area contributed by atoms with Crippen molar-refractivity contribution in [2.75, 3.05) is 5.32 Å². The predicted octanol–water partition coefficient (Wildman–Crippen LogP) is 5.84. The molecule has 2 bridgehead atoms. The molecule has 1 N–H and O–H groups in total. The van der Waals surface area contributed by atoms with Gasteiger partial charge < -0.3 is 5.32 Å². The van der Waals surface area contributed by atoms with Crippen LogP contribution in [0.25, 0.3) is 0 Å². The average molecular weight is 387 g/mol. The fourth-order valence-corrected chi connectivity index (χ4v) is 5.15. The van der Waals surface area contributed by atoms with Crippen LogP contribution in [0.5, 0.6) is 0 Å². The highest BCUT2D eigenvalue weighted by molar-refractivity contribution is 9.11. The smallest absolute Gasteiger partial charge is 0.0498 e. The Labute approximate surface area is 132 Å². The molecule has 1 aromatic rings. The molecule has 0 heterocycles. The normalized spacial score (nSPS) is 35.6. The zero-order chi connectivity index (χ0) is 13.8. The van der Waals surface area contributed by atoms with Gasteiger partial charge in [-0.15, -0.1) is 0 Å². The largest absolute Gasteiger partial charge is 0.380 e. The third-order valence-corrected chi connectivity index (χ3v) is 6.68. The van der Waals surface area contributed by atoms with E-state index in [1.807, 2.05) is 0 Å². The molecule has 0 aromatic heterocycles. The second-order valence-corrected chi connectivity index (χ2v) is 8.89. The SMILES string of the molecule is CC12CCC(C1)C(C)(C)C2Nc1cc(Br)ccc1Br. The van der Waals surface area contributed by atoms with Crippen LogP contribution in [0.3, 0.4) is 0 Å². The van der Waals surface area contributed by atoms with E-state index in [0.717, 1.165) is 14.9 Å². The van der Waals surface area contributed by atoms with E-state index in [1.165, 1.54) is 24.9 Å². The zero-order valence-electron chi connectivity index (χ0n) is 11.8. The third-order valence-electron chi connectivity index (χ3n) is 5.50. The van der Waals surface area contributed by atoms with Crippen molar-refractivity contribution in [1.29, 1.82) is 0 Å². The van der Waals surface area contributed by atoms with Gasteiger partial charge in [0.15, 0.2) is 0 Å². The Balaban J connectivity index is 1.92. The lowest BCUT2D eigenvalue weighted by Gasteiger charge is -2.43. The van der Waals surface area contributed by atoms with Crippen LogP contribution in [0.1, 0.15) is 40.0 Å². The molecule has 3 heteroatoms. The van der Waals surface area contributed by atoms with Gasteiger partial charge in [0.1, 0.15) is 0 Å². The van der Waals surface area contributed by atoms with E-state index in [1.54, 1.807) is 0 Å². The van der Waals surface area contributed by atoms with Crippen molar-refractivity contribution in [2.45, 2.75) is 46.1 Å². The molecule has 0 saturated heterocycles. The standard InChI is InChI=1S/C16H21Br2N/c1-15(2)10-6-7-16(3,9-10)14(15)19-13-8-11(17)4-5-12(13)18/h4-5,8,10,14,19H,6-7,9H2,1-3H3. The maximum absolute atomic E-state index is 3.84. The molecule has 1 aromatic carbocycles. The molecule has 104 valence electrons. The van der Waals surface area contributed by atoms with E-state index in [9.17, 15) is 0 Å². The highest BCUT2D eigenvalue weighted by atomic mass is 79.9. The summed E-state index contributed by atoms with van der Waals surface area (Å²) < 4.78 is 2.28. The number of benzene rings is 1. The van der Waals surface area contributed by atoms with E-state index >= 15 is 0 Å². The Hall–Kier alpha value is -0.0200. The Bertz CT molecular complexity index is 507. The highest BCUT2D eigenvalue weighted by Crippen LogP contribution is 2.63. The van der Waals surface area contributed by atoms with Gasteiger partial charge in [-0.05, 0) is 70.1 Å². The van der Waals surface area contributed by atoms with Crippen molar-refractivity contribution < 1.29 is 0 Å². The number of hydrogen-bond donors (Lipinski definition) is 1. The number of fused-ring (bicyclic) bond motifs is 2. The van der Waals surface area contributed by atoms with Crippen molar-refractivity contribution in [3.63, 3.8) is 0 Å². The molecule has 3 atom stereocenters. The molecule has 0 radical (unpaired) electrons. The summed E-state index contributed by atoms with van der Waals surface area (Å²) in [4.78, 5) is 0. The van der Waals surface area contributed by atoms with Crippen LogP contribution < -0.4 is 5.32 Å². The predicted molar refractivity (Wildman–Crippen MR) is 88.5 cm³/mol.